The molecule has 0 aliphatic carbocycles. The number of fused-ring (bicyclic) bond motifs is 1. The minimum Gasteiger partial charge on any atom is -0.746 e. The van der Waals surface area contributed by atoms with E-state index >= 15 is 0 Å². The molecule has 0 aliphatic rings. The van der Waals surface area contributed by atoms with E-state index in [-0.39, 0.29) is 111 Å². The van der Waals surface area contributed by atoms with Crippen molar-refractivity contribution >= 4 is 53.8 Å². The summed E-state index contributed by atoms with van der Waals surface area (Å²) in [5.41, 5.74) is 1.96. The Balaban J connectivity index is 0.00000267. The fraction of sp³-hybridized carbons (Fsp3) is 0.0833. The smallest absolute Gasteiger partial charge is 0.746 e. The summed E-state index contributed by atoms with van der Waals surface area (Å²) in [7, 11) is -9.34. The second kappa shape index (κ2) is 14.9. The molecule has 0 aromatic heterocycles. The van der Waals surface area contributed by atoms with E-state index in [1.165, 1.54) is 43.3 Å². The first-order chi connectivity index (χ1) is 17.3. The first kappa shape index (κ1) is 37.0. The molecule has 0 unspecified atom stereocenters. The second-order valence-corrected chi connectivity index (χ2v) is 10.6. The van der Waals surface area contributed by atoms with Crippen LogP contribution >= 0.6 is 0 Å². The minimum absolute atomic E-state index is 0. The quantitative estimate of drug-likeness (QED) is 0.103. The van der Waals surface area contributed by atoms with E-state index in [9.17, 15) is 31.0 Å². The number of hydrogen-bond donors (Lipinski definition) is 1. The normalized spacial score (nSPS) is 11.7. The molecule has 0 saturated heterocycles. The molecule has 4 aromatic carbocycles. The Morgan fingerprint density at radius 1 is 0.750 bits per heavy atom. The summed E-state index contributed by atoms with van der Waals surface area (Å²) in [5, 5.41) is 27.5. The summed E-state index contributed by atoms with van der Waals surface area (Å²) in [4.78, 5) is -0.887. The van der Waals surface area contributed by atoms with Crippen molar-refractivity contribution in [2.75, 3.05) is 0 Å². The first-order valence-corrected chi connectivity index (χ1v) is 13.3. The van der Waals surface area contributed by atoms with Crippen molar-refractivity contribution in [3.8, 4) is 5.75 Å². The van der Waals surface area contributed by atoms with Crippen LogP contribution in [0.5, 0.6) is 5.75 Å². The number of azo groups is 2. The monoisotopic (exact) mass is 606 g/mol. The molecule has 0 radical (unpaired) electrons. The number of nitrogens with zero attached hydrogens (tertiary/aromatic N) is 4. The van der Waals surface area contributed by atoms with Gasteiger partial charge in [0.15, 0.2) is 0 Å². The Kier molecular flexibility index (Phi) is 13.8. The van der Waals surface area contributed by atoms with Crippen molar-refractivity contribution in [3.63, 3.8) is 0 Å². The number of aryl methyl sites for hydroxylation is 1. The van der Waals surface area contributed by atoms with Gasteiger partial charge in [0.25, 0.3) is 0 Å². The molecule has 40 heavy (non-hydrogen) atoms. The third-order valence-corrected chi connectivity index (χ3v) is 7.13. The van der Waals surface area contributed by atoms with Crippen LogP contribution in [0.2, 0.25) is 0 Å². The van der Waals surface area contributed by atoms with Crippen molar-refractivity contribution in [1.82, 2.24) is 0 Å². The van der Waals surface area contributed by atoms with Crippen LogP contribution in [0.15, 0.2) is 90.9 Å². The maximum absolute atomic E-state index is 11.3. The van der Waals surface area contributed by atoms with Gasteiger partial charge in [0.1, 0.15) is 31.7 Å². The van der Waals surface area contributed by atoms with E-state index in [2.05, 4.69) is 26.5 Å². The van der Waals surface area contributed by atoms with Crippen LogP contribution in [0.4, 0.5) is 22.7 Å². The van der Waals surface area contributed by atoms with Crippen LogP contribution < -0.4 is 88.7 Å². The van der Waals surface area contributed by atoms with Crippen molar-refractivity contribution in [3.05, 3.63) is 77.9 Å². The maximum Gasteiger partial charge on any atom is 1.00 e. The topological polar surface area (TPSA) is 184 Å². The van der Waals surface area contributed by atoms with E-state index in [0.717, 1.165) is 6.07 Å². The van der Waals surface area contributed by atoms with Crippen LogP contribution in [0.3, 0.4) is 0 Å². The summed E-state index contributed by atoms with van der Waals surface area (Å²) < 4.78 is 67.9. The van der Waals surface area contributed by atoms with Gasteiger partial charge in [-0.2, -0.15) is 27.5 Å². The summed E-state index contributed by atoms with van der Waals surface area (Å²) in [5.74, 6) is -0.188. The van der Waals surface area contributed by atoms with Crippen LogP contribution in [-0.2, 0) is 20.2 Å². The predicted octanol–water partition coefficient (Wildman–Crippen LogP) is -3.39. The van der Waals surface area contributed by atoms with E-state index in [1.807, 2.05) is 0 Å². The Hall–Kier alpha value is -1.04. The number of benzene rings is 4. The van der Waals surface area contributed by atoms with Crippen molar-refractivity contribution in [1.29, 1.82) is 0 Å². The van der Waals surface area contributed by atoms with E-state index in [1.54, 1.807) is 25.1 Å². The van der Waals surface area contributed by atoms with Gasteiger partial charge in [0.2, 0.25) is 0 Å². The van der Waals surface area contributed by atoms with Crippen LogP contribution in [-0.4, -0.2) is 31.0 Å². The molecular formula is C24H17N4Na3O7S2. The zero-order valence-electron chi connectivity index (χ0n) is 22.3. The van der Waals surface area contributed by atoms with E-state index < -0.39 is 30.0 Å². The van der Waals surface area contributed by atoms with Crippen LogP contribution in [0, 0.1) is 19.9 Å². The van der Waals surface area contributed by atoms with Crippen LogP contribution in [0.1, 0.15) is 11.1 Å². The summed E-state index contributed by atoms with van der Waals surface area (Å²) in [6.45, 7) is 3.18. The molecule has 0 aliphatic heterocycles. The number of hydrogen-bond acceptors (Lipinski definition) is 11. The van der Waals surface area contributed by atoms with Gasteiger partial charge in [0.05, 0.1) is 16.3 Å². The largest absolute Gasteiger partial charge is 1.00 e. The summed E-state index contributed by atoms with van der Waals surface area (Å²) in [6, 6.07) is 16.5. The molecule has 0 atom stereocenters. The molecule has 4 aromatic rings. The zero-order chi connectivity index (χ0) is 27.0. The molecule has 0 heterocycles. The number of phenolic OH excluding ortho intramolecular Hbond substituents is 1. The average Bonchev–Trinajstić information content (AvgIpc) is 2.82. The molecule has 0 fully saturated rings. The Morgan fingerprint density at radius 2 is 1.43 bits per heavy atom. The third kappa shape index (κ3) is 8.74. The zero-order valence-corrected chi connectivity index (χ0v) is 29.9. The van der Waals surface area contributed by atoms with Gasteiger partial charge in [-0.15, -0.1) is 16.7 Å². The van der Waals surface area contributed by atoms with Gasteiger partial charge in [0, 0.05) is 5.39 Å². The molecule has 16 heteroatoms. The number of aromatic hydroxyl groups is 1. The maximum atomic E-state index is 11.3. The van der Waals surface area contributed by atoms with Crippen molar-refractivity contribution in [2.24, 2.45) is 20.5 Å². The number of rotatable bonds is 6. The van der Waals surface area contributed by atoms with Crippen molar-refractivity contribution in [2.45, 2.75) is 23.6 Å². The fourth-order valence-corrected chi connectivity index (χ4v) is 4.68. The Morgan fingerprint density at radius 3 is 2.05 bits per heavy atom. The first-order valence-electron chi connectivity index (χ1n) is 10.5. The third-order valence-electron chi connectivity index (χ3n) is 5.37. The molecule has 0 bridgehead atoms. The molecule has 0 amide bonds. The van der Waals surface area contributed by atoms with Gasteiger partial charge >= 0.3 is 88.7 Å². The molecule has 1 N–H and O–H groups in total. The predicted molar refractivity (Wildman–Crippen MR) is 131 cm³/mol. The summed E-state index contributed by atoms with van der Waals surface area (Å²) >= 11 is 0. The molecule has 11 nitrogen and oxygen atoms in total. The molecule has 4 rings (SSSR count). The van der Waals surface area contributed by atoms with Crippen molar-refractivity contribution < 1.29 is 120 Å². The second-order valence-electron chi connectivity index (χ2n) is 7.91. The van der Waals surface area contributed by atoms with E-state index in [4.69, 9.17) is 0 Å². The van der Waals surface area contributed by atoms with Gasteiger partial charge in [-0.05, 0) is 60.0 Å². The van der Waals surface area contributed by atoms with Crippen LogP contribution in [0.25, 0.3) is 10.8 Å². The minimum atomic E-state index is -4.69. The van der Waals surface area contributed by atoms with Gasteiger partial charge in [-0.3, -0.25) is 0 Å². The molecule has 0 saturated carbocycles. The molecular weight excluding hydrogens is 589 g/mol. The van der Waals surface area contributed by atoms with Gasteiger partial charge in [-0.25, -0.2) is 16.8 Å². The number of phenols is 1. The van der Waals surface area contributed by atoms with Gasteiger partial charge < -0.3 is 14.2 Å². The average molecular weight is 607 g/mol. The Labute approximate surface area is 297 Å². The molecule has 190 valence electrons. The standard InChI is InChI=1S/C24H19N4O7S2.3Na/c1-14-12-17(25-27-21-4-3-5-23(15(21)2)37(33,34)35)7-10-20(14)26-28-24-19-9-8-18(36(30,31)32)13-16(19)6-11-22(24)29;;;/h3-4,6-13,29H,1-2H3,(H,30,31,32)(H,33,34,35);;;/q-1;3*+1/p-2. The summed E-state index contributed by atoms with van der Waals surface area (Å²) in [6.07, 6.45) is 0. The van der Waals surface area contributed by atoms with Gasteiger partial charge in [-0.1, -0.05) is 24.0 Å². The van der Waals surface area contributed by atoms with E-state index in [0.29, 0.717) is 27.7 Å². The molecule has 0 spiro atoms. The SMILES string of the molecule is Cc1cc(N=Nc2cc[c-]c(S(=O)(=O)[O-])c2C)ccc1N=Nc1c(O)ccc2cc(S(=O)(=O)[O-])ccc12.[Na+].[Na+].[Na+]. The Bertz CT molecular complexity index is 1830. The fourth-order valence-electron chi connectivity index (χ4n) is 3.48.